The quantitative estimate of drug-likeness (QED) is 0.768. The van der Waals surface area contributed by atoms with Crippen molar-refractivity contribution in [2.24, 2.45) is 0 Å². The smallest absolute Gasteiger partial charge is 0.340 e. The summed E-state index contributed by atoms with van der Waals surface area (Å²) >= 11 is 6.19. The molecule has 2 aromatic carbocycles. The van der Waals surface area contributed by atoms with Gasteiger partial charge in [-0.1, -0.05) is 17.7 Å². The average Bonchev–Trinajstić information content (AvgIpc) is 2.68. The summed E-state index contributed by atoms with van der Waals surface area (Å²) < 4.78 is 10.6. The van der Waals surface area contributed by atoms with E-state index in [0.717, 1.165) is 11.3 Å². The Kier molecular flexibility index (Phi) is 6.54. The second-order valence-corrected chi connectivity index (χ2v) is 6.90. The largest absolute Gasteiger partial charge is 0.462 e. The van der Waals surface area contributed by atoms with Gasteiger partial charge in [-0.25, -0.2) is 4.79 Å². The minimum absolute atomic E-state index is 0.275. The highest BCUT2D eigenvalue weighted by Crippen LogP contribution is 2.27. The van der Waals surface area contributed by atoms with Crippen LogP contribution in [0.1, 0.15) is 33.2 Å². The molecule has 1 saturated heterocycles. The zero-order valence-corrected chi connectivity index (χ0v) is 16.7. The van der Waals surface area contributed by atoms with Crippen LogP contribution in [0.25, 0.3) is 0 Å². The Morgan fingerprint density at radius 3 is 2.57 bits per heavy atom. The van der Waals surface area contributed by atoms with Gasteiger partial charge in [0.1, 0.15) is 0 Å². The number of nitrogens with zero attached hydrogens (tertiary/aromatic N) is 1. The van der Waals surface area contributed by atoms with Gasteiger partial charge < -0.3 is 19.7 Å². The summed E-state index contributed by atoms with van der Waals surface area (Å²) in [7, 11) is 0. The van der Waals surface area contributed by atoms with Crippen LogP contribution in [0.2, 0.25) is 5.02 Å². The number of carbonyl (C=O) groups is 2. The van der Waals surface area contributed by atoms with Gasteiger partial charge >= 0.3 is 5.97 Å². The van der Waals surface area contributed by atoms with Crippen LogP contribution >= 0.6 is 11.6 Å². The molecule has 1 aliphatic rings. The molecule has 0 spiro atoms. The highest BCUT2D eigenvalue weighted by molar-refractivity contribution is 6.34. The Balaban J connectivity index is 1.88. The first-order valence-electron chi connectivity index (χ1n) is 9.21. The number of nitrogens with one attached hydrogen (secondary N) is 1. The van der Waals surface area contributed by atoms with Crippen molar-refractivity contribution in [3.05, 3.63) is 58.1 Å². The van der Waals surface area contributed by atoms with Gasteiger partial charge in [0, 0.05) is 18.8 Å². The molecule has 0 bridgehead atoms. The van der Waals surface area contributed by atoms with E-state index < -0.39 is 5.97 Å². The normalized spacial score (nSPS) is 13.9. The lowest BCUT2D eigenvalue weighted by Gasteiger charge is -2.30. The number of halogens is 1. The Hall–Kier alpha value is -2.57. The maximum Gasteiger partial charge on any atom is 0.340 e. The summed E-state index contributed by atoms with van der Waals surface area (Å²) in [6.07, 6.45) is 0. The van der Waals surface area contributed by atoms with E-state index in [9.17, 15) is 9.59 Å². The van der Waals surface area contributed by atoms with Crippen molar-refractivity contribution in [1.29, 1.82) is 0 Å². The van der Waals surface area contributed by atoms with E-state index >= 15 is 0 Å². The van der Waals surface area contributed by atoms with Gasteiger partial charge in [0.25, 0.3) is 5.91 Å². The highest BCUT2D eigenvalue weighted by atomic mass is 35.5. The van der Waals surface area contributed by atoms with Gasteiger partial charge in [-0.3, -0.25) is 4.79 Å². The lowest BCUT2D eigenvalue weighted by atomic mass is 10.1. The maximum absolute atomic E-state index is 12.6. The van der Waals surface area contributed by atoms with Crippen molar-refractivity contribution in [2.75, 3.05) is 43.1 Å². The van der Waals surface area contributed by atoms with Crippen LogP contribution in [-0.4, -0.2) is 44.8 Å². The van der Waals surface area contributed by atoms with Crippen LogP contribution in [0.15, 0.2) is 36.4 Å². The lowest BCUT2D eigenvalue weighted by Crippen LogP contribution is -2.37. The molecule has 1 N–H and O–H groups in total. The number of hydrogen-bond acceptors (Lipinski definition) is 5. The van der Waals surface area contributed by atoms with Crippen molar-refractivity contribution in [3.8, 4) is 0 Å². The predicted molar refractivity (Wildman–Crippen MR) is 110 cm³/mol. The third kappa shape index (κ3) is 4.64. The van der Waals surface area contributed by atoms with E-state index in [1.807, 2.05) is 19.1 Å². The number of amides is 1. The fourth-order valence-corrected chi connectivity index (χ4v) is 3.39. The first-order valence-corrected chi connectivity index (χ1v) is 9.58. The molecular formula is C21H23ClN2O4. The number of ether oxygens (including phenoxy) is 2. The third-order valence-electron chi connectivity index (χ3n) is 4.47. The molecule has 3 rings (SSSR count). The number of rotatable bonds is 5. The van der Waals surface area contributed by atoms with E-state index in [0.29, 0.717) is 48.1 Å². The summed E-state index contributed by atoms with van der Waals surface area (Å²) in [6, 6.07) is 10.5. The minimum Gasteiger partial charge on any atom is -0.462 e. The van der Waals surface area contributed by atoms with E-state index in [2.05, 4.69) is 10.2 Å². The van der Waals surface area contributed by atoms with Crippen LogP contribution in [0.3, 0.4) is 0 Å². The predicted octanol–water partition coefficient (Wildman–Crippen LogP) is 3.91. The van der Waals surface area contributed by atoms with Gasteiger partial charge in [-0.15, -0.1) is 0 Å². The Bertz CT molecular complexity index is 879. The van der Waals surface area contributed by atoms with Crippen LogP contribution in [-0.2, 0) is 9.47 Å². The number of benzene rings is 2. The topological polar surface area (TPSA) is 67.9 Å². The van der Waals surface area contributed by atoms with Crippen molar-refractivity contribution < 1.29 is 19.1 Å². The second-order valence-electron chi connectivity index (χ2n) is 6.49. The molecule has 0 aromatic heterocycles. The van der Waals surface area contributed by atoms with Crippen molar-refractivity contribution in [2.45, 2.75) is 13.8 Å². The monoisotopic (exact) mass is 402 g/mol. The molecule has 0 unspecified atom stereocenters. The first kappa shape index (κ1) is 20.2. The molecule has 0 atom stereocenters. The van der Waals surface area contributed by atoms with Crippen molar-refractivity contribution in [3.63, 3.8) is 0 Å². The molecule has 1 fully saturated rings. The van der Waals surface area contributed by atoms with Crippen LogP contribution < -0.4 is 10.2 Å². The molecule has 1 heterocycles. The van der Waals surface area contributed by atoms with Gasteiger partial charge in [0.2, 0.25) is 0 Å². The SMILES string of the molecule is CCOC(=O)c1cc(NC(=O)c2ccc(C)cc2Cl)ccc1N1CCOCC1. The minimum atomic E-state index is -0.423. The number of anilines is 2. The summed E-state index contributed by atoms with van der Waals surface area (Å²) in [5.41, 5.74) is 3.04. The van der Waals surface area contributed by atoms with Gasteiger partial charge in [-0.05, 0) is 49.7 Å². The molecule has 2 aromatic rings. The first-order chi connectivity index (χ1) is 13.5. The highest BCUT2D eigenvalue weighted by Gasteiger charge is 2.21. The maximum atomic E-state index is 12.6. The zero-order valence-electron chi connectivity index (χ0n) is 16.0. The van der Waals surface area contributed by atoms with E-state index in [-0.39, 0.29) is 12.5 Å². The summed E-state index contributed by atoms with van der Waals surface area (Å²) in [5, 5.41) is 3.19. The molecule has 0 radical (unpaired) electrons. The number of morpholine rings is 1. The Morgan fingerprint density at radius 1 is 1.14 bits per heavy atom. The summed E-state index contributed by atoms with van der Waals surface area (Å²) in [5.74, 6) is -0.757. The molecule has 7 heteroatoms. The van der Waals surface area contributed by atoms with Gasteiger partial charge in [-0.2, -0.15) is 0 Å². The van der Waals surface area contributed by atoms with E-state index in [1.54, 1.807) is 31.2 Å². The van der Waals surface area contributed by atoms with Crippen LogP contribution in [0, 0.1) is 6.92 Å². The fourth-order valence-electron chi connectivity index (χ4n) is 3.07. The third-order valence-corrected chi connectivity index (χ3v) is 4.78. The summed E-state index contributed by atoms with van der Waals surface area (Å²) in [4.78, 5) is 27.2. The molecule has 0 aliphatic carbocycles. The lowest BCUT2D eigenvalue weighted by molar-refractivity contribution is 0.0526. The summed E-state index contributed by atoms with van der Waals surface area (Å²) in [6.45, 7) is 6.53. The van der Waals surface area contributed by atoms with E-state index in [4.69, 9.17) is 21.1 Å². The second kappa shape index (κ2) is 9.08. The van der Waals surface area contributed by atoms with Crippen molar-refractivity contribution >= 4 is 34.9 Å². The fraction of sp³-hybridized carbons (Fsp3) is 0.333. The number of hydrogen-bond donors (Lipinski definition) is 1. The standard InChI is InChI=1S/C21H23ClN2O4/c1-3-28-21(26)17-13-15(5-7-19(17)24-8-10-27-11-9-24)23-20(25)16-6-4-14(2)12-18(16)22/h4-7,12-13H,3,8-11H2,1-2H3,(H,23,25). The molecule has 28 heavy (non-hydrogen) atoms. The Labute approximate surface area is 169 Å². The van der Waals surface area contributed by atoms with Crippen LogP contribution in [0.5, 0.6) is 0 Å². The molecule has 148 valence electrons. The van der Waals surface area contributed by atoms with Crippen molar-refractivity contribution in [1.82, 2.24) is 0 Å². The van der Waals surface area contributed by atoms with Gasteiger partial charge in [0.05, 0.1) is 41.7 Å². The number of aryl methyl sites for hydroxylation is 1. The number of esters is 1. The zero-order chi connectivity index (χ0) is 20.1. The number of carbonyl (C=O) groups excluding carboxylic acids is 2. The molecule has 6 nitrogen and oxygen atoms in total. The molecule has 1 aliphatic heterocycles. The van der Waals surface area contributed by atoms with Gasteiger partial charge in [0.15, 0.2) is 0 Å². The van der Waals surface area contributed by atoms with E-state index in [1.165, 1.54) is 0 Å². The molecule has 0 saturated carbocycles. The van der Waals surface area contributed by atoms with Crippen LogP contribution in [0.4, 0.5) is 11.4 Å². The molecule has 1 amide bonds. The molecular weight excluding hydrogens is 380 g/mol. The Morgan fingerprint density at radius 2 is 1.89 bits per heavy atom. The average molecular weight is 403 g/mol.